The highest BCUT2D eigenvalue weighted by atomic mass is 16.4. The zero-order valence-electron chi connectivity index (χ0n) is 10.3. The summed E-state index contributed by atoms with van der Waals surface area (Å²) in [6.45, 7) is 2.36. The summed E-state index contributed by atoms with van der Waals surface area (Å²) in [5.74, 6) is -1.12. The van der Waals surface area contributed by atoms with E-state index in [9.17, 15) is 9.59 Å². The Kier molecular flexibility index (Phi) is 4.47. The highest BCUT2D eigenvalue weighted by molar-refractivity contribution is 5.95. The van der Waals surface area contributed by atoms with E-state index in [0.29, 0.717) is 6.54 Å². The zero-order chi connectivity index (χ0) is 13.7. The van der Waals surface area contributed by atoms with Gasteiger partial charge in [-0.2, -0.15) is 0 Å². The SMILES string of the molecule is CCNC(=O)CN(C)c1ncc(N)cc1C(=O)O. The van der Waals surface area contributed by atoms with Crippen LogP contribution in [0.25, 0.3) is 0 Å². The number of nitrogen functional groups attached to an aromatic ring is 1. The van der Waals surface area contributed by atoms with Crippen molar-refractivity contribution in [2.24, 2.45) is 0 Å². The van der Waals surface area contributed by atoms with Crippen LogP contribution in [0.15, 0.2) is 12.3 Å². The lowest BCUT2D eigenvalue weighted by molar-refractivity contribution is -0.119. The van der Waals surface area contributed by atoms with Crippen molar-refractivity contribution < 1.29 is 14.7 Å². The van der Waals surface area contributed by atoms with Crippen molar-refractivity contribution in [1.82, 2.24) is 10.3 Å². The molecule has 0 saturated carbocycles. The Morgan fingerprint density at radius 3 is 2.78 bits per heavy atom. The van der Waals surface area contributed by atoms with E-state index in [2.05, 4.69) is 10.3 Å². The fourth-order valence-electron chi connectivity index (χ4n) is 1.48. The number of carbonyl (C=O) groups excluding carboxylic acids is 1. The van der Waals surface area contributed by atoms with E-state index < -0.39 is 5.97 Å². The number of nitrogens with two attached hydrogens (primary N) is 1. The van der Waals surface area contributed by atoms with Gasteiger partial charge in [0.15, 0.2) is 0 Å². The van der Waals surface area contributed by atoms with E-state index in [1.54, 1.807) is 7.05 Å². The van der Waals surface area contributed by atoms with E-state index in [-0.39, 0.29) is 29.5 Å². The number of anilines is 2. The van der Waals surface area contributed by atoms with E-state index in [0.717, 1.165) is 0 Å². The standard InChI is InChI=1S/C11H16N4O3/c1-3-13-9(16)6-15(2)10-8(11(17)18)4-7(12)5-14-10/h4-5H,3,6,12H2,1-2H3,(H,13,16)(H,17,18). The smallest absolute Gasteiger partial charge is 0.339 e. The summed E-state index contributed by atoms with van der Waals surface area (Å²) < 4.78 is 0. The maximum Gasteiger partial charge on any atom is 0.339 e. The summed E-state index contributed by atoms with van der Waals surface area (Å²) in [6, 6.07) is 1.32. The molecule has 7 nitrogen and oxygen atoms in total. The number of rotatable bonds is 5. The number of carbonyl (C=O) groups is 2. The number of hydrogen-bond acceptors (Lipinski definition) is 5. The molecule has 0 bridgehead atoms. The molecule has 0 saturated heterocycles. The average Bonchev–Trinajstić information content (AvgIpc) is 2.28. The fourth-order valence-corrected chi connectivity index (χ4v) is 1.48. The van der Waals surface area contributed by atoms with Crippen LogP contribution in [0, 0.1) is 0 Å². The number of amides is 1. The van der Waals surface area contributed by atoms with E-state index in [1.165, 1.54) is 17.2 Å². The highest BCUT2D eigenvalue weighted by Gasteiger charge is 2.17. The average molecular weight is 252 g/mol. The second-order valence-electron chi connectivity index (χ2n) is 3.75. The van der Waals surface area contributed by atoms with Crippen molar-refractivity contribution in [3.8, 4) is 0 Å². The van der Waals surface area contributed by atoms with Gasteiger partial charge in [-0.15, -0.1) is 0 Å². The van der Waals surface area contributed by atoms with Gasteiger partial charge < -0.3 is 21.1 Å². The molecule has 0 radical (unpaired) electrons. The molecule has 1 rings (SSSR count). The van der Waals surface area contributed by atoms with E-state index in [4.69, 9.17) is 10.8 Å². The molecule has 1 aromatic heterocycles. The van der Waals surface area contributed by atoms with Crippen LogP contribution < -0.4 is 16.0 Å². The topological polar surface area (TPSA) is 109 Å². The summed E-state index contributed by atoms with van der Waals surface area (Å²) in [5, 5.41) is 11.7. The molecule has 4 N–H and O–H groups in total. The molecule has 98 valence electrons. The number of pyridine rings is 1. The number of likely N-dealkylation sites (N-methyl/N-ethyl adjacent to an activating group) is 2. The van der Waals surface area contributed by atoms with Crippen LogP contribution in [0.5, 0.6) is 0 Å². The van der Waals surface area contributed by atoms with Gasteiger partial charge in [-0.3, -0.25) is 4.79 Å². The minimum Gasteiger partial charge on any atom is -0.478 e. The molecule has 0 fully saturated rings. The highest BCUT2D eigenvalue weighted by Crippen LogP contribution is 2.18. The summed E-state index contributed by atoms with van der Waals surface area (Å²) in [4.78, 5) is 27.9. The first-order chi connectivity index (χ1) is 8.45. The Bertz CT molecular complexity index is 462. The molecular formula is C11H16N4O3. The van der Waals surface area contributed by atoms with Crippen LogP contribution in [0.2, 0.25) is 0 Å². The van der Waals surface area contributed by atoms with Crippen molar-refractivity contribution in [2.45, 2.75) is 6.92 Å². The molecule has 1 aromatic rings. The van der Waals surface area contributed by atoms with Gasteiger partial charge in [0.2, 0.25) is 5.91 Å². The van der Waals surface area contributed by atoms with Crippen molar-refractivity contribution in [1.29, 1.82) is 0 Å². The molecule has 0 aromatic carbocycles. The van der Waals surface area contributed by atoms with Crippen LogP contribution in [0.1, 0.15) is 17.3 Å². The predicted molar refractivity (Wildman–Crippen MR) is 67.6 cm³/mol. The monoisotopic (exact) mass is 252 g/mol. The number of nitrogens with zero attached hydrogens (tertiary/aromatic N) is 2. The summed E-state index contributed by atoms with van der Waals surface area (Å²) in [6.07, 6.45) is 1.36. The predicted octanol–water partition coefficient (Wildman–Crippen LogP) is -0.0657. The van der Waals surface area contributed by atoms with Crippen LogP contribution in [0.3, 0.4) is 0 Å². The van der Waals surface area contributed by atoms with Gasteiger partial charge in [-0.1, -0.05) is 0 Å². The van der Waals surface area contributed by atoms with E-state index in [1.807, 2.05) is 6.92 Å². The molecule has 7 heteroatoms. The maximum absolute atomic E-state index is 11.4. The maximum atomic E-state index is 11.4. The Hall–Kier alpha value is -2.31. The van der Waals surface area contributed by atoms with Crippen LogP contribution in [0.4, 0.5) is 11.5 Å². The number of carboxylic acids is 1. The minimum absolute atomic E-state index is 0.0261. The van der Waals surface area contributed by atoms with Crippen molar-refractivity contribution in [2.75, 3.05) is 30.8 Å². The number of aromatic nitrogens is 1. The molecule has 0 aliphatic carbocycles. The van der Waals surface area contributed by atoms with E-state index >= 15 is 0 Å². The van der Waals surface area contributed by atoms with Crippen molar-refractivity contribution in [3.63, 3.8) is 0 Å². The number of aromatic carboxylic acids is 1. The lowest BCUT2D eigenvalue weighted by Gasteiger charge is -2.19. The van der Waals surface area contributed by atoms with Gasteiger partial charge in [0.05, 0.1) is 18.4 Å². The molecule has 0 atom stereocenters. The largest absolute Gasteiger partial charge is 0.478 e. The van der Waals surface area contributed by atoms with Gasteiger partial charge in [0.1, 0.15) is 11.4 Å². The lowest BCUT2D eigenvalue weighted by atomic mass is 10.2. The Morgan fingerprint density at radius 2 is 2.22 bits per heavy atom. The first-order valence-corrected chi connectivity index (χ1v) is 5.42. The van der Waals surface area contributed by atoms with Gasteiger partial charge in [0.25, 0.3) is 0 Å². The molecule has 1 amide bonds. The number of nitrogens with one attached hydrogen (secondary N) is 1. The fraction of sp³-hybridized carbons (Fsp3) is 0.364. The normalized spacial score (nSPS) is 9.89. The van der Waals surface area contributed by atoms with Crippen molar-refractivity contribution in [3.05, 3.63) is 17.8 Å². The molecule has 0 aliphatic rings. The van der Waals surface area contributed by atoms with Gasteiger partial charge in [-0.05, 0) is 13.0 Å². The van der Waals surface area contributed by atoms with Crippen LogP contribution >= 0.6 is 0 Å². The van der Waals surface area contributed by atoms with Gasteiger partial charge in [0, 0.05) is 13.6 Å². The third-order valence-electron chi connectivity index (χ3n) is 2.23. The first-order valence-electron chi connectivity index (χ1n) is 5.42. The minimum atomic E-state index is -1.13. The first kappa shape index (κ1) is 13.8. The molecule has 0 aliphatic heterocycles. The number of hydrogen-bond donors (Lipinski definition) is 3. The summed E-state index contributed by atoms with van der Waals surface area (Å²) in [7, 11) is 1.60. The van der Waals surface area contributed by atoms with Gasteiger partial charge in [-0.25, -0.2) is 9.78 Å². The summed E-state index contributed by atoms with van der Waals surface area (Å²) >= 11 is 0. The second kappa shape index (κ2) is 5.85. The Balaban J connectivity index is 2.94. The lowest BCUT2D eigenvalue weighted by Crippen LogP contribution is -2.36. The molecule has 0 spiro atoms. The third kappa shape index (κ3) is 3.34. The van der Waals surface area contributed by atoms with Crippen molar-refractivity contribution >= 4 is 23.4 Å². The Labute approximate surface area is 105 Å². The summed E-state index contributed by atoms with van der Waals surface area (Å²) in [5.41, 5.74) is 5.73. The molecular weight excluding hydrogens is 236 g/mol. The van der Waals surface area contributed by atoms with Crippen LogP contribution in [-0.4, -0.2) is 42.1 Å². The molecule has 18 heavy (non-hydrogen) atoms. The number of carboxylic acid groups (broad SMARTS) is 1. The van der Waals surface area contributed by atoms with Gasteiger partial charge >= 0.3 is 5.97 Å². The molecule has 0 unspecified atom stereocenters. The van der Waals surface area contributed by atoms with Crippen LogP contribution in [-0.2, 0) is 4.79 Å². The second-order valence-corrected chi connectivity index (χ2v) is 3.75. The molecule has 1 heterocycles. The zero-order valence-corrected chi connectivity index (χ0v) is 10.3. The quantitative estimate of drug-likeness (QED) is 0.677. The third-order valence-corrected chi connectivity index (χ3v) is 2.23. The Morgan fingerprint density at radius 1 is 1.56 bits per heavy atom.